The minimum absolute atomic E-state index is 0.0325. The summed E-state index contributed by atoms with van der Waals surface area (Å²) in [5, 5.41) is 31.1. The topological polar surface area (TPSA) is 254 Å². The number of carbonyl (C=O) groups is 9. The molecule has 66 heavy (non-hydrogen) atoms. The van der Waals surface area contributed by atoms with E-state index in [9.17, 15) is 53.4 Å². The Bertz CT molecular complexity index is 2190. The number of ketones is 1. The van der Waals surface area contributed by atoms with Crippen molar-refractivity contribution in [2.75, 3.05) is 27.2 Å². The molecule has 6 atom stereocenters. The number of likely N-dealkylation sites (tertiary alicyclic amines) is 1. The Kier molecular flexibility index (Phi) is 19.3. The van der Waals surface area contributed by atoms with Crippen LogP contribution in [0.4, 0.5) is 0 Å². The second-order valence-electron chi connectivity index (χ2n) is 19.1. The summed E-state index contributed by atoms with van der Waals surface area (Å²) in [6.45, 7) is 14.6. The Hall–Kier alpha value is -5.56. The number of carboxylic acids is 2. The lowest BCUT2D eigenvalue weighted by atomic mass is 9.76. The molecule has 1 aromatic carbocycles. The number of fused-ring (bicyclic) bond motifs is 1. The summed E-state index contributed by atoms with van der Waals surface area (Å²) >= 11 is 4.05. The molecule has 1 aliphatic rings. The number of para-hydroxylation sites is 1. The number of thiol groups is 1. The summed E-state index contributed by atoms with van der Waals surface area (Å²) in [5.74, 6) is -7.75. The molecule has 0 spiro atoms. The number of nitrogens with zero attached hydrogens (tertiary/aromatic N) is 3. The molecule has 2 heterocycles. The van der Waals surface area contributed by atoms with Gasteiger partial charge in [0.2, 0.25) is 35.4 Å². The van der Waals surface area contributed by atoms with Gasteiger partial charge in [-0.05, 0) is 49.8 Å². The molecule has 0 aliphatic carbocycles. The number of benzene rings is 1. The summed E-state index contributed by atoms with van der Waals surface area (Å²) < 4.78 is 2.02. The molecule has 2 aromatic rings. The van der Waals surface area contributed by atoms with Crippen molar-refractivity contribution < 1.29 is 53.4 Å². The van der Waals surface area contributed by atoms with Crippen molar-refractivity contribution in [1.82, 2.24) is 35.6 Å². The van der Waals surface area contributed by atoms with Crippen LogP contribution in [0.5, 0.6) is 0 Å². The summed E-state index contributed by atoms with van der Waals surface area (Å²) in [6, 6.07) is 4.02. The van der Waals surface area contributed by atoms with Crippen LogP contribution in [0.3, 0.4) is 0 Å². The lowest BCUT2D eigenvalue weighted by Gasteiger charge is -2.39. The van der Waals surface area contributed by atoms with Crippen LogP contribution in [0.25, 0.3) is 10.9 Å². The Balaban J connectivity index is 1.65. The molecule has 1 aromatic heterocycles. The Labute approximate surface area is 392 Å². The number of rotatable bonds is 24. The minimum atomic E-state index is -1.51. The van der Waals surface area contributed by atoms with Gasteiger partial charge < -0.3 is 40.9 Å². The number of nitrogens with one attached hydrogen (secondary N) is 4. The zero-order chi connectivity index (χ0) is 50.0. The van der Waals surface area contributed by atoms with E-state index in [4.69, 9.17) is 0 Å². The van der Waals surface area contributed by atoms with E-state index in [0.29, 0.717) is 0 Å². The number of carbonyl (C=O) groups excluding carboxylic acids is 7. The smallest absolute Gasteiger partial charge is 0.326 e. The molecule has 6 amide bonds. The maximum atomic E-state index is 14.4. The third-order valence-electron chi connectivity index (χ3n) is 12.3. The van der Waals surface area contributed by atoms with Gasteiger partial charge >= 0.3 is 11.9 Å². The first-order valence-corrected chi connectivity index (χ1v) is 22.7. The molecule has 1 saturated heterocycles. The van der Waals surface area contributed by atoms with Crippen LogP contribution in [0, 0.1) is 17.3 Å². The highest BCUT2D eigenvalue weighted by molar-refractivity contribution is 7.81. The van der Waals surface area contributed by atoms with Crippen molar-refractivity contribution in [2.45, 2.75) is 129 Å². The average molecular weight is 940 g/mol. The number of aromatic nitrogens is 1. The summed E-state index contributed by atoms with van der Waals surface area (Å²) in [6.07, 6.45) is 1.88. The number of likely N-dealkylation sites (N-methyl/N-ethyl adjacent to an activating group) is 2. The molecular formula is C47H69N7O11S. The maximum Gasteiger partial charge on any atom is 0.326 e. The number of hydrogen-bond acceptors (Lipinski definition) is 11. The predicted octanol–water partition coefficient (Wildman–Crippen LogP) is 2.97. The van der Waals surface area contributed by atoms with E-state index < -0.39 is 99.8 Å². The zero-order valence-electron chi connectivity index (χ0n) is 40.0. The van der Waals surface area contributed by atoms with Crippen LogP contribution in [0.2, 0.25) is 0 Å². The number of aryl methyl sites for hydroxylation is 1. The summed E-state index contributed by atoms with van der Waals surface area (Å²) in [5.41, 5.74) is 0.618. The molecule has 0 bridgehead atoms. The van der Waals surface area contributed by atoms with Gasteiger partial charge in [-0.1, -0.05) is 72.7 Å². The highest BCUT2D eigenvalue weighted by Crippen LogP contribution is 2.35. The largest absolute Gasteiger partial charge is 0.481 e. The van der Waals surface area contributed by atoms with Crippen molar-refractivity contribution >= 4 is 76.7 Å². The van der Waals surface area contributed by atoms with Crippen molar-refractivity contribution in [3.05, 3.63) is 47.7 Å². The molecule has 1 aliphatic heterocycles. The van der Waals surface area contributed by atoms with E-state index in [2.05, 4.69) is 33.9 Å². The second kappa shape index (κ2) is 23.3. The molecular weight excluding hydrogens is 871 g/mol. The van der Waals surface area contributed by atoms with Crippen molar-refractivity contribution in [2.24, 2.45) is 24.3 Å². The number of aliphatic carboxylic acids is 2. The standard InChI is InChI=1S/C47H69N7O11S/c1-26(2)34(53(11)43(61)39(46(4,5)6)51-41(59)38(48-9)47(7,8)31-25-52(10)33-15-13-12-14-30(31)33)22-27(3)40(58)50-32(45(64)65)18-17-29(55)23-28(44(62)63)16-19-36(56)49-20-21-54-37(57)24-35(66)42(54)60/h12-15,22,25-26,28,32,34-35,38-39,48,66H,16-21,23-24H2,1-11H3,(H,49,56)(H,50,58)(H,51,59)(H,62,63)(H,64,65)/b27-22+/t28-,32+,34+,35?,38+,39+/m0/s1. The van der Waals surface area contributed by atoms with Crippen LogP contribution in [0.1, 0.15) is 99.5 Å². The second-order valence-corrected chi connectivity index (χ2v) is 19.8. The zero-order valence-corrected chi connectivity index (χ0v) is 40.9. The van der Waals surface area contributed by atoms with Gasteiger partial charge in [0, 0.05) is 81.0 Å². The molecule has 6 N–H and O–H groups in total. The van der Waals surface area contributed by atoms with E-state index >= 15 is 0 Å². The molecule has 1 fully saturated rings. The lowest BCUT2D eigenvalue weighted by molar-refractivity contribution is -0.145. The Morgan fingerprint density at radius 2 is 1.58 bits per heavy atom. The first-order valence-electron chi connectivity index (χ1n) is 22.2. The summed E-state index contributed by atoms with van der Waals surface area (Å²) in [4.78, 5) is 118. The van der Waals surface area contributed by atoms with Gasteiger partial charge in [-0.15, -0.1) is 0 Å². The fourth-order valence-electron chi connectivity index (χ4n) is 8.26. The molecule has 3 rings (SSSR count). The SMILES string of the molecule is CN[C@H](C(=O)N[C@H](C(=O)N(C)[C@H](/C=C(\C)C(=O)N[C@H](CCC(=O)C[C@H](CCC(=O)NCCN1C(=O)CC(S)C1=O)C(=O)O)C(=O)O)C(C)C)C(C)(C)C)C(C)(C)c1cn(C)c2ccccc12. The number of carboxylic acid groups (broad SMARTS) is 2. The number of Topliss-reactive ketones (excluding diaryl/α,β-unsaturated/α-hetero) is 1. The van der Waals surface area contributed by atoms with Gasteiger partial charge in [0.1, 0.15) is 17.9 Å². The molecule has 18 nitrogen and oxygen atoms in total. The third-order valence-corrected chi connectivity index (χ3v) is 12.7. The monoisotopic (exact) mass is 939 g/mol. The predicted molar refractivity (Wildman–Crippen MR) is 251 cm³/mol. The molecule has 1 unspecified atom stereocenters. The van der Waals surface area contributed by atoms with E-state index in [1.165, 1.54) is 11.8 Å². The van der Waals surface area contributed by atoms with Gasteiger partial charge in [-0.3, -0.25) is 43.3 Å². The molecule has 0 radical (unpaired) electrons. The van der Waals surface area contributed by atoms with Gasteiger partial charge in [0.05, 0.1) is 23.3 Å². The van der Waals surface area contributed by atoms with Crippen molar-refractivity contribution in [3.8, 4) is 0 Å². The Morgan fingerprint density at radius 1 is 0.939 bits per heavy atom. The first-order chi connectivity index (χ1) is 30.6. The number of hydrogen-bond donors (Lipinski definition) is 7. The number of amides is 6. The molecule has 19 heteroatoms. The summed E-state index contributed by atoms with van der Waals surface area (Å²) in [7, 11) is 5.23. The van der Waals surface area contributed by atoms with Crippen LogP contribution >= 0.6 is 12.6 Å². The third kappa shape index (κ3) is 14.0. The van der Waals surface area contributed by atoms with Gasteiger partial charge in [0.25, 0.3) is 0 Å². The van der Waals surface area contributed by atoms with Gasteiger partial charge in [0.15, 0.2) is 0 Å². The quantitative estimate of drug-likeness (QED) is 0.0456. The number of imide groups is 1. The van der Waals surface area contributed by atoms with E-state index in [1.807, 2.05) is 90.5 Å². The minimum Gasteiger partial charge on any atom is -0.481 e. The van der Waals surface area contributed by atoms with Gasteiger partial charge in [-0.2, -0.15) is 12.6 Å². The van der Waals surface area contributed by atoms with Crippen LogP contribution in [-0.4, -0.2) is 134 Å². The fourth-order valence-corrected chi connectivity index (χ4v) is 8.56. The fraction of sp³-hybridized carbons (Fsp3) is 0.596. The Morgan fingerprint density at radius 3 is 2.12 bits per heavy atom. The van der Waals surface area contributed by atoms with Crippen molar-refractivity contribution in [3.63, 3.8) is 0 Å². The van der Waals surface area contributed by atoms with E-state index in [0.717, 1.165) is 21.4 Å². The molecule has 0 saturated carbocycles. The normalized spacial score (nSPS) is 17.0. The van der Waals surface area contributed by atoms with E-state index in [-0.39, 0.29) is 62.6 Å². The first kappa shape index (κ1) is 54.8. The lowest BCUT2D eigenvalue weighted by Crippen LogP contribution is -2.61. The van der Waals surface area contributed by atoms with Gasteiger partial charge in [-0.25, -0.2) is 4.79 Å². The maximum absolute atomic E-state index is 14.4. The molecule has 364 valence electrons. The van der Waals surface area contributed by atoms with Crippen molar-refractivity contribution in [1.29, 1.82) is 0 Å². The van der Waals surface area contributed by atoms with E-state index in [1.54, 1.807) is 20.2 Å². The van der Waals surface area contributed by atoms with Crippen LogP contribution in [-0.2, 0) is 55.6 Å². The highest BCUT2D eigenvalue weighted by Gasteiger charge is 2.43. The average Bonchev–Trinajstić information content (AvgIpc) is 3.70. The highest BCUT2D eigenvalue weighted by atomic mass is 32.1. The van der Waals surface area contributed by atoms with Crippen LogP contribution < -0.4 is 21.3 Å². The van der Waals surface area contributed by atoms with Crippen LogP contribution in [0.15, 0.2) is 42.1 Å².